The predicted molar refractivity (Wildman–Crippen MR) is 115 cm³/mol. The maximum Gasteiger partial charge on any atom is 0.248 e. The third-order valence-electron chi connectivity index (χ3n) is 5.67. The Morgan fingerprint density at radius 2 is 1.96 bits per heavy atom. The molecule has 0 saturated carbocycles. The quantitative estimate of drug-likeness (QED) is 0.536. The van der Waals surface area contributed by atoms with Crippen molar-refractivity contribution in [2.75, 3.05) is 6.54 Å². The molecule has 28 heavy (non-hydrogen) atoms. The molecule has 0 aliphatic carbocycles. The molecule has 0 saturated heterocycles. The van der Waals surface area contributed by atoms with Crippen LogP contribution in [0.4, 0.5) is 0 Å². The Morgan fingerprint density at radius 1 is 1.11 bits per heavy atom. The number of carbonyl (C=O) groups is 1. The second-order valence-electron chi connectivity index (χ2n) is 7.59. The van der Waals surface area contributed by atoms with E-state index in [0.717, 1.165) is 31.3 Å². The van der Waals surface area contributed by atoms with Gasteiger partial charge >= 0.3 is 0 Å². The number of amides is 1. The van der Waals surface area contributed by atoms with Gasteiger partial charge in [0, 0.05) is 35.2 Å². The number of nitrogens with two attached hydrogens (primary N) is 1. The summed E-state index contributed by atoms with van der Waals surface area (Å²) in [5.41, 5.74) is 11.0. The second kappa shape index (κ2) is 8.44. The van der Waals surface area contributed by atoms with Crippen LogP contribution in [-0.2, 0) is 6.42 Å². The number of primary amides is 1. The molecular formula is C24H27N3O. The lowest BCUT2D eigenvalue weighted by Crippen LogP contribution is -2.32. The van der Waals surface area contributed by atoms with E-state index >= 15 is 0 Å². The van der Waals surface area contributed by atoms with Gasteiger partial charge in [0.1, 0.15) is 0 Å². The van der Waals surface area contributed by atoms with Gasteiger partial charge in [-0.1, -0.05) is 48.9 Å². The summed E-state index contributed by atoms with van der Waals surface area (Å²) < 4.78 is 0. The van der Waals surface area contributed by atoms with E-state index in [1.165, 1.54) is 34.9 Å². The molecule has 2 heterocycles. The zero-order valence-corrected chi connectivity index (χ0v) is 16.1. The molecule has 1 atom stereocenters. The van der Waals surface area contributed by atoms with Gasteiger partial charge in [-0.3, -0.25) is 4.79 Å². The topological polar surface area (TPSA) is 70.9 Å². The number of aromatic amines is 1. The van der Waals surface area contributed by atoms with Gasteiger partial charge in [-0.2, -0.15) is 0 Å². The standard InChI is InChI=1S/C24H27N3O/c25-24(28)19-10-11-22-20(16-27-23(22)15-19)8-4-5-9-21-14-18(12-13-26-21)17-6-2-1-3-7-17/h1-3,6-7,10-12,15-16,21,26-27H,4-5,8-9,13-14H2,(H2,25,28). The van der Waals surface area contributed by atoms with Crippen LogP contribution in [0.25, 0.3) is 16.5 Å². The van der Waals surface area contributed by atoms with Crippen LogP contribution in [-0.4, -0.2) is 23.5 Å². The van der Waals surface area contributed by atoms with E-state index in [4.69, 9.17) is 5.73 Å². The van der Waals surface area contributed by atoms with Crippen molar-refractivity contribution in [1.29, 1.82) is 0 Å². The van der Waals surface area contributed by atoms with Gasteiger partial charge in [0.2, 0.25) is 5.91 Å². The molecule has 0 bridgehead atoms. The van der Waals surface area contributed by atoms with Crippen LogP contribution in [0.5, 0.6) is 0 Å². The molecule has 1 aliphatic heterocycles. The summed E-state index contributed by atoms with van der Waals surface area (Å²) in [6.07, 6.45) is 10.1. The third-order valence-corrected chi connectivity index (χ3v) is 5.67. The normalized spacial score (nSPS) is 16.9. The van der Waals surface area contributed by atoms with Crippen molar-refractivity contribution in [1.82, 2.24) is 10.3 Å². The van der Waals surface area contributed by atoms with Crippen molar-refractivity contribution in [3.8, 4) is 0 Å². The number of fused-ring (bicyclic) bond motifs is 1. The van der Waals surface area contributed by atoms with E-state index in [1.54, 1.807) is 0 Å². The smallest absolute Gasteiger partial charge is 0.248 e. The van der Waals surface area contributed by atoms with Crippen molar-refractivity contribution in [2.45, 2.75) is 38.1 Å². The molecule has 1 unspecified atom stereocenters. The highest BCUT2D eigenvalue weighted by atomic mass is 16.1. The number of aryl methyl sites for hydroxylation is 1. The van der Waals surface area contributed by atoms with Gasteiger partial charge < -0.3 is 16.0 Å². The molecule has 144 valence electrons. The molecule has 3 aromatic rings. The number of carbonyl (C=O) groups excluding carboxylic acids is 1. The van der Waals surface area contributed by atoms with Crippen LogP contribution >= 0.6 is 0 Å². The van der Waals surface area contributed by atoms with E-state index in [1.807, 2.05) is 18.2 Å². The van der Waals surface area contributed by atoms with Gasteiger partial charge in [0.05, 0.1) is 0 Å². The fourth-order valence-corrected chi connectivity index (χ4v) is 4.11. The summed E-state index contributed by atoms with van der Waals surface area (Å²) in [6.45, 7) is 0.958. The summed E-state index contributed by atoms with van der Waals surface area (Å²) in [5.74, 6) is -0.387. The van der Waals surface area contributed by atoms with E-state index in [-0.39, 0.29) is 5.91 Å². The number of nitrogens with one attached hydrogen (secondary N) is 2. The van der Waals surface area contributed by atoms with Crippen LogP contribution < -0.4 is 11.1 Å². The van der Waals surface area contributed by atoms with Gasteiger partial charge in [-0.15, -0.1) is 0 Å². The minimum Gasteiger partial charge on any atom is -0.366 e. The maximum atomic E-state index is 11.3. The van der Waals surface area contributed by atoms with Crippen LogP contribution in [0.3, 0.4) is 0 Å². The molecule has 1 aliphatic rings. The van der Waals surface area contributed by atoms with Crippen LogP contribution in [0.15, 0.2) is 60.8 Å². The summed E-state index contributed by atoms with van der Waals surface area (Å²) in [5, 5.41) is 4.82. The van der Waals surface area contributed by atoms with Crippen molar-refractivity contribution < 1.29 is 4.79 Å². The first kappa shape index (κ1) is 18.5. The number of hydrogen-bond acceptors (Lipinski definition) is 2. The Labute approximate surface area is 165 Å². The van der Waals surface area contributed by atoms with Gasteiger partial charge in [0.25, 0.3) is 0 Å². The lowest BCUT2D eigenvalue weighted by Gasteiger charge is -2.24. The van der Waals surface area contributed by atoms with Gasteiger partial charge in [-0.25, -0.2) is 0 Å². The SMILES string of the molecule is NC(=O)c1ccc2c(CCCCC3CC(c4ccccc4)=CCN3)c[nH]c2c1. The number of H-pyrrole nitrogens is 1. The van der Waals surface area contributed by atoms with E-state index in [9.17, 15) is 4.79 Å². The molecule has 4 N–H and O–H groups in total. The Bertz CT molecular complexity index is 988. The first-order valence-corrected chi connectivity index (χ1v) is 10.1. The molecular weight excluding hydrogens is 346 g/mol. The third kappa shape index (κ3) is 4.18. The predicted octanol–water partition coefficient (Wildman–Crippen LogP) is 4.43. The van der Waals surface area contributed by atoms with E-state index in [2.05, 4.69) is 52.9 Å². The zero-order valence-electron chi connectivity index (χ0n) is 16.1. The van der Waals surface area contributed by atoms with Crippen molar-refractivity contribution >= 4 is 22.4 Å². The monoisotopic (exact) mass is 373 g/mol. The Hall–Kier alpha value is -2.85. The highest BCUT2D eigenvalue weighted by Gasteiger charge is 2.15. The molecule has 0 spiro atoms. The fraction of sp³-hybridized carbons (Fsp3) is 0.292. The van der Waals surface area contributed by atoms with E-state index in [0.29, 0.717) is 11.6 Å². The molecule has 0 radical (unpaired) electrons. The molecule has 4 nitrogen and oxygen atoms in total. The number of rotatable bonds is 7. The minimum atomic E-state index is -0.387. The fourth-order valence-electron chi connectivity index (χ4n) is 4.11. The highest BCUT2D eigenvalue weighted by Crippen LogP contribution is 2.25. The molecule has 1 amide bonds. The maximum absolute atomic E-state index is 11.3. The Kier molecular flexibility index (Phi) is 5.58. The van der Waals surface area contributed by atoms with Crippen molar-refractivity contribution in [3.63, 3.8) is 0 Å². The Morgan fingerprint density at radius 3 is 2.79 bits per heavy atom. The summed E-state index contributed by atoms with van der Waals surface area (Å²) in [4.78, 5) is 14.6. The lowest BCUT2D eigenvalue weighted by molar-refractivity contribution is 0.100. The largest absolute Gasteiger partial charge is 0.366 e. The average molecular weight is 374 g/mol. The van der Waals surface area contributed by atoms with Crippen LogP contribution in [0.2, 0.25) is 0 Å². The molecule has 4 heteroatoms. The first-order valence-electron chi connectivity index (χ1n) is 10.1. The first-order chi connectivity index (χ1) is 13.7. The lowest BCUT2D eigenvalue weighted by atomic mass is 9.92. The second-order valence-corrected chi connectivity index (χ2v) is 7.59. The van der Waals surface area contributed by atoms with Crippen molar-refractivity contribution in [3.05, 3.63) is 77.5 Å². The molecule has 4 rings (SSSR count). The van der Waals surface area contributed by atoms with Gasteiger partial charge in [0.15, 0.2) is 0 Å². The van der Waals surface area contributed by atoms with Gasteiger partial charge in [-0.05, 0) is 54.5 Å². The van der Waals surface area contributed by atoms with Crippen LogP contribution in [0, 0.1) is 0 Å². The average Bonchev–Trinajstić information content (AvgIpc) is 3.14. The number of aromatic nitrogens is 1. The Balaban J connectivity index is 1.29. The molecule has 0 fully saturated rings. The van der Waals surface area contributed by atoms with Crippen molar-refractivity contribution in [2.24, 2.45) is 5.73 Å². The summed E-state index contributed by atoms with van der Waals surface area (Å²) in [7, 11) is 0. The number of benzene rings is 2. The summed E-state index contributed by atoms with van der Waals surface area (Å²) >= 11 is 0. The highest BCUT2D eigenvalue weighted by molar-refractivity contribution is 5.97. The van der Waals surface area contributed by atoms with E-state index < -0.39 is 0 Å². The molecule has 2 aromatic carbocycles. The minimum absolute atomic E-state index is 0.387. The van der Waals surface area contributed by atoms with Crippen LogP contribution in [0.1, 0.15) is 47.2 Å². The zero-order chi connectivity index (χ0) is 19.3. The number of unbranched alkanes of at least 4 members (excludes halogenated alkanes) is 1. The number of hydrogen-bond donors (Lipinski definition) is 3. The molecule has 1 aromatic heterocycles. The summed E-state index contributed by atoms with van der Waals surface area (Å²) in [6, 6.07) is 16.9.